The summed E-state index contributed by atoms with van der Waals surface area (Å²) in [4.78, 5) is 21.9. The largest absolute Gasteiger partial charge is 0.477 e. The standard InChI is InChI=1S/C12H14N2O4/c1-2-18-12(17)14-13-10(11(15)16)8-9-6-4-3-5-7-9/h3-7H,2,8H2,1H3,(H,14,17)(H,15,16). The van der Waals surface area contributed by atoms with Gasteiger partial charge in [-0.25, -0.2) is 15.0 Å². The number of hydrazone groups is 1. The summed E-state index contributed by atoms with van der Waals surface area (Å²) in [6.45, 7) is 1.84. The molecule has 0 saturated heterocycles. The molecule has 0 aliphatic heterocycles. The lowest BCUT2D eigenvalue weighted by Gasteiger charge is -2.03. The van der Waals surface area contributed by atoms with Gasteiger partial charge in [-0.05, 0) is 12.5 Å². The van der Waals surface area contributed by atoms with Crippen molar-refractivity contribution in [1.29, 1.82) is 0 Å². The SMILES string of the molecule is CCOC(=O)NN=C(Cc1ccccc1)C(=O)O. The van der Waals surface area contributed by atoms with Gasteiger partial charge in [-0.15, -0.1) is 0 Å². The van der Waals surface area contributed by atoms with E-state index in [1.165, 1.54) is 0 Å². The maximum atomic E-state index is 11.0. The van der Waals surface area contributed by atoms with E-state index in [-0.39, 0.29) is 18.7 Å². The van der Waals surface area contributed by atoms with E-state index in [4.69, 9.17) is 5.11 Å². The third kappa shape index (κ3) is 4.65. The molecule has 1 amide bonds. The number of carbonyl (C=O) groups is 2. The molecule has 1 aromatic rings. The van der Waals surface area contributed by atoms with Crippen LogP contribution in [0.3, 0.4) is 0 Å². The van der Waals surface area contributed by atoms with Crippen molar-refractivity contribution >= 4 is 17.8 Å². The van der Waals surface area contributed by atoms with Crippen molar-refractivity contribution in [2.45, 2.75) is 13.3 Å². The monoisotopic (exact) mass is 250 g/mol. The van der Waals surface area contributed by atoms with Crippen LogP contribution in [-0.4, -0.2) is 29.5 Å². The predicted octanol–water partition coefficient (Wildman–Crippen LogP) is 1.42. The normalized spacial score (nSPS) is 10.8. The number of hydrogen-bond acceptors (Lipinski definition) is 4. The third-order valence-electron chi connectivity index (χ3n) is 2.02. The van der Waals surface area contributed by atoms with Crippen LogP contribution in [0.2, 0.25) is 0 Å². The Morgan fingerprint density at radius 3 is 2.56 bits per heavy atom. The highest BCUT2D eigenvalue weighted by Crippen LogP contribution is 2.01. The highest BCUT2D eigenvalue weighted by atomic mass is 16.5. The number of amides is 1. The summed E-state index contributed by atoms with van der Waals surface area (Å²) in [5.74, 6) is -1.18. The van der Waals surface area contributed by atoms with E-state index in [2.05, 4.69) is 9.84 Å². The second-order valence-corrected chi connectivity index (χ2v) is 3.36. The fraction of sp³-hybridized carbons (Fsp3) is 0.250. The van der Waals surface area contributed by atoms with Gasteiger partial charge in [-0.1, -0.05) is 30.3 Å². The summed E-state index contributed by atoms with van der Waals surface area (Å²) < 4.78 is 4.57. The molecule has 0 saturated carbocycles. The molecule has 0 fully saturated rings. The zero-order chi connectivity index (χ0) is 13.4. The van der Waals surface area contributed by atoms with E-state index in [1.807, 2.05) is 11.5 Å². The van der Waals surface area contributed by atoms with E-state index >= 15 is 0 Å². The zero-order valence-corrected chi connectivity index (χ0v) is 9.92. The van der Waals surface area contributed by atoms with Crippen molar-refractivity contribution in [2.75, 3.05) is 6.61 Å². The van der Waals surface area contributed by atoms with Crippen LogP contribution in [0.15, 0.2) is 35.4 Å². The fourth-order valence-electron chi connectivity index (χ4n) is 1.23. The molecule has 0 aliphatic rings. The summed E-state index contributed by atoms with van der Waals surface area (Å²) >= 11 is 0. The first-order valence-electron chi connectivity index (χ1n) is 5.40. The Morgan fingerprint density at radius 1 is 1.33 bits per heavy atom. The lowest BCUT2D eigenvalue weighted by Crippen LogP contribution is -2.25. The van der Waals surface area contributed by atoms with Crippen LogP contribution < -0.4 is 5.43 Å². The first-order valence-corrected chi connectivity index (χ1v) is 5.40. The molecule has 0 aliphatic carbocycles. The van der Waals surface area contributed by atoms with Crippen LogP contribution in [0, 0.1) is 0 Å². The van der Waals surface area contributed by atoms with Gasteiger partial charge in [0.25, 0.3) is 0 Å². The van der Waals surface area contributed by atoms with Crippen molar-refractivity contribution in [3.63, 3.8) is 0 Å². The van der Waals surface area contributed by atoms with Crippen LogP contribution in [-0.2, 0) is 16.0 Å². The number of hydrogen-bond donors (Lipinski definition) is 2. The van der Waals surface area contributed by atoms with Crippen molar-refractivity contribution < 1.29 is 19.4 Å². The van der Waals surface area contributed by atoms with Gasteiger partial charge in [0.1, 0.15) is 5.71 Å². The number of nitrogens with one attached hydrogen (secondary N) is 1. The van der Waals surface area contributed by atoms with Crippen LogP contribution >= 0.6 is 0 Å². The highest BCUT2D eigenvalue weighted by Gasteiger charge is 2.11. The summed E-state index contributed by atoms with van der Waals surface area (Å²) in [6.07, 6.45) is -0.646. The van der Waals surface area contributed by atoms with Crippen LogP contribution in [0.5, 0.6) is 0 Å². The van der Waals surface area contributed by atoms with Gasteiger partial charge < -0.3 is 9.84 Å². The van der Waals surface area contributed by atoms with E-state index < -0.39 is 12.1 Å². The van der Waals surface area contributed by atoms with E-state index in [1.54, 1.807) is 31.2 Å². The number of carbonyl (C=O) groups excluding carboxylic acids is 1. The van der Waals surface area contributed by atoms with Gasteiger partial charge in [0, 0.05) is 6.42 Å². The molecule has 0 radical (unpaired) electrons. The number of aliphatic carboxylic acids is 1. The van der Waals surface area contributed by atoms with Gasteiger partial charge in [0.15, 0.2) is 0 Å². The lowest BCUT2D eigenvalue weighted by atomic mass is 10.1. The van der Waals surface area contributed by atoms with Crippen molar-refractivity contribution in [3.8, 4) is 0 Å². The van der Waals surface area contributed by atoms with Gasteiger partial charge in [-0.2, -0.15) is 5.10 Å². The minimum absolute atomic E-state index is 0.128. The minimum Gasteiger partial charge on any atom is -0.477 e. The van der Waals surface area contributed by atoms with E-state index in [0.717, 1.165) is 5.56 Å². The Morgan fingerprint density at radius 2 is 2.00 bits per heavy atom. The molecule has 1 rings (SSSR count). The second kappa shape index (κ2) is 7.05. The molecule has 0 spiro atoms. The van der Waals surface area contributed by atoms with Crippen LogP contribution in [0.4, 0.5) is 4.79 Å². The van der Waals surface area contributed by atoms with Gasteiger partial charge in [-0.3, -0.25) is 0 Å². The molecule has 0 bridgehead atoms. The molecule has 18 heavy (non-hydrogen) atoms. The molecular formula is C12H14N2O4. The van der Waals surface area contributed by atoms with Crippen molar-refractivity contribution in [3.05, 3.63) is 35.9 Å². The number of benzene rings is 1. The first kappa shape index (κ1) is 13.7. The fourth-order valence-corrected chi connectivity index (χ4v) is 1.23. The minimum atomic E-state index is -1.18. The highest BCUT2D eigenvalue weighted by molar-refractivity contribution is 6.36. The van der Waals surface area contributed by atoms with Crippen LogP contribution in [0.1, 0.15) is 12.5 Å². The quantitative estimate of drug-likeness (QED) is 0.611. The smallest absolute Gasteiger partial charge is 0.427 e. The molecule has 96 valence electrons. The van der Waals surface area contributed by atoms with Crippen molar-refractivity contribution in [1.82, 2.24) is 5.43 Å². The number of carboxylic acids is 1. The Labute approximate surface area is 104 Å². The molecule has 0 unspecified atom stereocenters. The predicted molar refractivity (Wildman–Crippen MR) is 65.4 cm³/mol. The zero-order valence-electron chi connectivity index (χ0n) is 9.92. The number of carboxylic acid groups (broad SMARTS) is 1. The lowest BCUT2D eigenvalue weighted by molar-refractivity contribution is -0.129. The Hall–Kier alpha value is -2.37. The average Bonchev–Trinajstić information content (AvgIpc) is 2.35. The Bertz CT molecular complexity index is 443. The maximum absolute atomic E-state index is 11.0. The average molecular weight is 250 g/mol. The summed E-state index contributed by atoms with van der Waals surface area (Å²) in [5, 5.41) is 12.5. The number of rotatable bonds is 5. The first-order chi connectivity index (χ1) is 8.63. The molecule has 1 aromatic carbocycles. The van der Waals surface area contributed by atoms with E-state index in [0.29, 0.717) is 0 Å². The van der Waals surface area contributed by atoms with Gasteiger partial charge in [0.2, 0.25) is 0 Å². The topological polar surface area (TPSA) is 88.0 Å². The van der Waals surface area contributed by atoms with Crippen molar-refractivity contribution in [2.24, 2.45) is 5.10 Å². The Kier molecular flexibility index (Phi) is 5.37. The molecule has 0 atom stereocenters. The second-order valence-electron chi connectivity index (χ2n) is 3.36. The Balaban J connectivity index is 2.68. The molecule has 2 N–H and O–H groups in total. The molecule has 0 aromatic heterocycles. The van der Waals surface area contributed by atoms with E-state index in [9.17, 15) is 9.59 Å². The molecule has 6 nitrogen and oxygen atoms in total. The summed E-state index contributed by atoms with van der Waals surface area (Å²) in [6, 6.07) is 8.99. The number of ether oxygens (including phenoxy) is 1. The number of nitrogens with zero attached hydrogens (tertiary/aromatic N) is 1. The molecular weight excluding hydrogens is 236 g/mol. The van der Waals surface area contributed by atoms with Gasteiger partial charge >= 0.3 is 12.1 Å². The summed E-state index contributed by atoms with van der Waals surface area (Å²) in [5.41, 5.74) is 2.67. The third-order valence-corrected chi connectivity index (χ3v) is 2.02. The maximum Gasteiger partial charge on any atom is 0.427 e. The molecule has 0 heterocycles. The molecule has 6 heteroatoms. The van der Waals surface area contributed by atoms with Crippen LogP contribution in [0.25, 0.3) is 0 Å². The summed E-state index contributed by atoms with van der Waals surface area (Å²) in [7, 11) is 0. The van der Waals surface area contributed by atoms with Gasteiger partial charge in [0.05, 0.1) is 6.61 Å².